The van der Waals surface area contributed by atoms with Crippen molar-refractivity contribution in [1.29, 1.82) is 0 Å². The summed E-state index contributed by atoms with van der Waals surface area (Å²) in [5.41, 5.74) is 3.30. The molecule has 0 radical (unpaired) electrons. The number of benzene rings is 2. The molecule has 0 aliphatic carbocycles. The zero-order chi connectivity index (χ0) is 19.2. The van der Waals surface area contributed by atoms with Gasteiger partial charge in [-0.15, -0.1) is 0 Å². The number of rotatable bonds is 6. The molecule has 6 heteroatoms. The van der Waals surface area contributed by atoms with Crippen LogP contribution in [0.25, 0.3) is 0 Å². The van der Waals surface area contributed by atoms with E-state index in [-0.39, 0.29) is 5.91 Å². The van der Waals surface area contributed by atoms with Gasteiger partial charge in [-0.1, -0.05) is 6.07 Å². The Kier molecular flexibility index (Phi) is 5.56. The molecular formula is C21H21N3O3. The van der Waals surface area contributed by atoms with E-state index in [1.54, 1.807) is 50.7 Å². The summed E-state index contributed by atoms with van der Waals surface area (Å²) in [4.78, 5) is 16.6. The molecule has 2 N–H and O–H groups in total. The number of hydrogen-bond acceptors (Lipinski definition) is 5. The quantitative estimate of drug-likeness (QED) is 0.679. The molecule has 0 spiro atoms. The molecular weight excluding hydrogens is 342 g/mol. The minimum Gasteiger partial charge on any atom is -0.497 e. The molecule has 0 saturated carbocycles. The average Bonchev–Trinajstić information content (AvgIpc) is 2.70. The fraction of sp³-hybridized carbons (Fsp3) is 0.143. The number of pyridine rings is 1. The Morgan fingerprint density at radius 3 is 2.37 bits per heavy atom. The summed E-state index contributed by atoms with van der Waals surface area (Å²) >= 11 is 0. The first kappa shape index (κ1) is 18.3. The second kappa shape index (κ2) is 8.23. The number of anilines is 3. The number of nitrogens with one attached hydrogen (secondary N) is 2. The number of amides is 1. The molecule has 0 unspecified atom stereocenters. The van der Waals surface area contributed by atoms with Crippen LogP contribution in [0.3, 0.4) is 0 Å². The number of hydrogen-bond donors (Lipinski definition) is 2. The van der Waals surface area contributed by atoms with E-state index >= 15 is 0 Å². The molecule has 3 rings (SSSR count). The van der Waals surface area contributed by atoms with Crippen molar-refractivity contribution in [3.8, 4) is 11.5 Å². The molecule has 6 nitrogen and oxygen atoms in total. The first-order chi connectivity index (χ1) is 13.1. The largest absolute Gasteiger partial charge is 0.497 e. The molecule has 0 bridgehead atoms. The minimum atomic E-state index is -0.230. The molecule has 1 amide bonds. The van der Waals surface area contributed by atoms with Crippen LogP contribution in [0.1, 0.15) is 15.9 Å². The summed E-state index contributed by atoms with van der Waals surface area (Å²) in [6.45, 7) is 2.01. The fourth-order valence-electron chi connectivity index (χ4n) is 2.55. The van der Waals surface area contributed by atoms with Crippen LogP contribution in [-0.4, -0.2) is 25.1 Å². The van der Waals surface area contributed by atoms with Crippen LogP contribution in [0.2, 0.25) is 0 Å². The van der Waals surface area contributed by atoms with Crippen molar-refractivity contribution >= 4 is 23.1 Å². The Labute approximate surface area is 158 Å². The Balaban J connectivity index is 1.68. The van der Waals surface area contributed by atoms with E-state index in [4.69, 9.17) is 9.47 Å². The van der Waals surface area contributed by atoms with E-state index < -0.39 is 0 Å². The van der Waals surface area contributed by atoms with E-state index in [9.17, 15) is 4.79 Å². The van der Waals surface area contributed by atoms with Crippen molar-refractivity contribution in [3.05, 3.63) is 71.9 Å². The van der Waals surface area contributed by atoms with E-state index in [2.05, 4.69) is 15.6 Å². The highest BCUT2D eigenvalue weighted by Gasteiger charge is 2.08. The van der Waals surface area contributed by atoms with Gasteiger partial charge in [-0.2, -0.15) is 0 Å². The molecule has 1 aromatic heterocycles. The van der Waals surface area contributed by atoms with E-state index in [0.29, 0.717) is 17.1 Å². The first-order valence-corrected chi connectivity index (χ1v) is 8.42. The maximum Gasteiger partial charge on any atom is 0.256 e. The molecule has 27 heavy (non-hydrogen) atoms. The van der Waals surface area contributed by atoms with Crippen molar-refractivity contribution in [2.45, 2.75) is 6.92 Å². The molecule has 0 saturated heterocycles. The van der Waals surface area contributed by atoms with Crippen molar-refractivity contribution in [1.82, 2.24) is 4.98 Å². The van der Waals surface area contributed by atoms with Gasteiger partial charge in [0.2, 0.25) is 0 Å². The third-order valence-electron chi connectivity index (χ3n) is 3.99. The summed E-state index contributed by atoms with van der Waals surface area (Å²) in [7, 11) is 3.22. The summed E-state index contributed by atoms with van der Waals surface area (Å²) in [5, 5.41) is 6.05. The smallest absolute Gasteiger partial charge is 0.256 e. The lowest BCUT2D eigenvalue weighted by Crippen LogP contribution is -2.12. The highest BCUT2D eigenvalue weighted by molar-refractivity contribution is 6.03. The van der Waals surface area contributed by atoms with Crippen LogP contribution in [0.15, 0.2) is 60.8 Å². The van der Waals surface area contributed by atoms with Crippen LogP contribution >= 0.6 is 0 Å². The third kappa shape index (κ3) is 4.55. The lowest BCUT2D eigenvalue weighted by atomic mass is 10.2. The van der Waals surface area contributed by atoms with Gasteiger partial charge in [0.1, 0.15) is 17.3 Å². The SMILES string of the molecule is COc1ccc(C(=O)Nc2ccc(Nc3cc(C)ccc3OC)cn2)cc1. The number of carbonyl (C=O) groups excluding carboxylic acids is 1. The second-order valence-electron chi connectivity index (χ2n) is 5.94. The van der Waals surface area contributed by atoms with Crippen LogP contribution in [0.5, 0.6) is 11.5 Å². The fourth-order valence-corrected chi connectivity index (χ4v) is 2.55. The van der Waals surface area contributed by atoms with Gasteiger partial charge in [-0.05, 0) is 61.0 Å². The van der Waals surface area contributed by atoms with E-state index in [0.717, 1.165) is 22.7 Å². The highest BCUT2D eigenvalue weighted by atomic mass is 16.5. The highest BCUT2D eigenvalue weighted by Crippen LogP contribution is 2.28. The third-order valence-corrected chi connectivity index (χ3v) is 3.99. The van der Waals surface area contributed by atoms with Crippen molar-refractivity contribution in [2.75, 3.05) is 24.9 Å². The Morgan fingerprint density at radius 1 is 0.963 bits per heavy atom. The molecule has 1 heterocycles. The van der Waals surface area contributed by atoms with Crippen molar-refractivity contribution in [2.24, 2.45) is 0 Å². The molecule has 0 aliphatic rings. The monoisotopic (exact) mass is 363 g/mol. The zero-order valence-electron chi connectivity index (χ0n) is 15.4. The summed E-state index contributed by atoms with van der Waals surface area (Å²) in [6, 6.07) is 16.4. The van der Waals surface area contributed by atoms with Gasteiger partial charge in [0.25, 0.3) is 5.91 Å². The molecule has 0 aliphatic heterocycles. The predicted octanol–water partition coefficient (Wildman–Crippen LogP) is 4.40. The molecule has 138 valence electrons. The molecule has 0 fully saturated rings. The summed E-state index contributed by atoms with van der Waals surface area (Å²) in [5.74, 6) is 1.69. The van der Waals surface area contributed by atoms with Gasteiger partial charge in [0.15, 0.2) is 0 Å². The van der Waals surface area contributed by atoms with Crippen LogP contribution in [0.4, 0.5) is 17.2 Å². The van der Waals surface area contributed by atoms with Crippen LogP contribution in [-0.2, 0) is 0 Å². The van der Waals surface area contributed by atoms with E-state index in [1.165, 1.54) is 0 Å². The predicted molar refractivity (Wildman–Crippen MR) is 106 cm³/mol. The van der Waals surface area contributed by atoms with Crippen LogP contribution < -0.4 is 20.1 Å². The normalized spacial score (nSPS) is 10.2. The maximum absolute atomic E-state index is 12.3. The van der Waals surface area contributed by atoms with E-state index in [1.807, 2.05) is 31.2 Å². The lowest BCUT2D eigenvalue weighted by molar-refractivity contribution is 0.102. The second-order valence-corrected chi connectivity index (χ2v) is 5.94. The average molecular weight is 363 g/mol. The van der Waals surface area contributed by atoms with Crippen molar-refractivity contribution < 1.29 is 14.3 Å². The van der Waals surface area contributed by atoms with Crippen LogP contribution in [0, 0.1) is 6.92 Å². The van der Waals surface area contributed by atoms with Gasteiger partial charge in [-0.3, -0.25) is 4.79 Å². The molecule has 3 aromatic rings. The number of aromatic nitrogens is 1. The number of ether oxygens (including phenoxy) is 2. The first-order valence-electron chi connectivity index (χ1n) is 8.42. The summed E-state index contributed by atoms with van der Waals surface area (Å²) in [6.07, 6.45) is 1.66. The summed E-state index contributed by atoms with van der Waals surface area (Å²) < 4.78 is 10.5. The Bertz CT molecular complexity index is 922. The number of methoxy groups -OCH3 is 2. The zero-order valence-corrected chi connectivity index (χ0v) is 15.4. The maximum atomic E-state index is 12.3. The molecule has 0 atom stereocenters. The minimum absolute atomic E-state index is 0.230. The molecule has 2 aromatic carbocycles. The van der Waals surface area contributed by atoms with Crippen molar-refractivity contribution in [3.63, 3.8) is 0 Å². The van der Waals surface area contributed by atoms with Gasteiger partial charge in [-0.25, -0.2) is 4.98 Å². The lowest BCUT2D eigenvalue weighted by Gasteiger charge is -2.12. The topological polar surface area (TPSA) is 72.5 Å². The number of aryl methyl sites for hydroxylation is 1. The Hall–Kier alpha value is -3.54. The van der Waals surface area contributed by atoms with Gasteiger partial charge < -0.3 is 20.1 Å². The van der Waals surface area contributed by atoms with Gasteiger partial charge in [0, 0.05) is 5.56 Å². The van der Waals surface area contributed by atoms with Gasteiger partial charge in [0.05, 0.1) is 31.8 Å². The standard InChI is InChI=1S/C21H21N3O3/c1-14-4-10-19(27-3)18(12-14)23-16-7-11-20(22-13-16)24-21(25)15-5-8-17(26-2)9-6-15/h4-13,23H,1-3H3,(H,22,24,25). The Morgan fingerprint density at radius 2 is 1.74 bits per heavy atom. The number of carbonyl (C=O) groups is 1. The van der Waals surface area contributed by atoms with Gasteiger partial charge >= 0.3 is 0 Å². The number of nitrogens with zero attached hydrogens (tertiary/aromatic N) is 1.